The molecule has 0 aromatic heterocycles. The first kappa shape index (κ1) is 2.87. The van der Waals surface area contributed by atoms with Crippen LogP contribution in [0, 0.1) is 0 Å². The Morgan fingerprint density at radius 2 is 2.25 bits per heavy atom. The molecule has 24 valence electrons. The fourth-order valence-corrected chi connectivity index (χ4v) is 0.179. The van der Waals surface area contributed by atoms with Crippen molar-refractivity contribution >= 4 is 22.9 Å². The van der Waals surface area contributed by atoms with E-state index in [0.717, 1.165) is 6.67 Å². The van der Waals surface area contributed by atoms with Gasteiger partial charge in [0, 0.05) is 22.9 Å². The zero-order valence-electron chi connectivity index (χ0n) is 2.03. The highest BCUT2D eigenvalue weighted by molar-refractivity contribution is 14.1. The molecule has 3 heteroatoms. The molecule has 0 spiro atoms. The van der Waals surface area contributed by atoms with Gasteiger partial charge in [0.2, 0.25) is 0 Å². The van der Waals surface area contributed by atoms with Crippen LogP contribution in [0.15, 0.2) is 0 Å². The van der Waals surface area contributed by atoms with Crippen molar-refractivity contribution < 1.29 is 0 Å². The van der Waals surface area contributed by atoms with Crippen LogP contribution in [0.5, 0.6) is 0 Å². The number of hydrogen-bond acceptors (Lipinski definition) is 2. The molecule has 1 N–H and O–H groups in total. The van der Waals surface area contributed by atoms with Crippen molar-refractivity contribution in [1.82, 2.24) is 8.65 Å². The second kappa shape index (κ2) is 0.803. The summed E-state index contributed by atoms with van der Waals surface area (Å²) in [5.74, 6) is 0. The topological polar surface area (TPSA) is 25.0 Å². The Labute approximate surface area is 38.6 Å². The average Bonchev–Trinajstić information content (AvgIpc) is 1.75. The summed E-state index contributed by atoms with van der Waals surface area (Å²) in [7, 11) is 0. The van der Waals surface area contributed by atoms with Crippen molar-refractivity contribution in [3.05, 3.63) is 0 Å². The molecule has 0 aromatic rings. The maximum Gasteiger partial charge on any atom is 0.0867 e. The second-order valence-electron chi connectivity index (χ2n) is 0.678. The third-order valence-electron chi connectivity index (χ3n) is 0.278. The molecule has 0 saturated carbocycles. The molecule has 1 atom stereocenters. The highest BCUT2D eigenvalue weighted by atomic mass is 127. The van der Waals surface area contributed by atoms with Gasteiger partial charge >= 0.3 is 0 Å². The van der Waals surface area contributed by atoms with E-state index in [1.165, 1.54) is 0 Å². The third kappa shape index (κ3) is 0.542. The lowest BCUT2D eigenvalue weighted by molar-refractivity contribution is 0.924. The molecule has 1 heterocycles. The van der Waals surface area contributed by atoms with Gasteiger partial charge in [-0.3, -0.25) is 0 Å². The van der Waals surface area contributed by atoms with Crippen LogP contribution in [0.4, 0.5) is 0 Å². The molecular weight excluding hydrogens is 167 g/mol. The van der Waals surface area contributed by atoms with E-state index in [4.69, 9.17) is 0 Å². The molecule has 1 aliphatic heterocycles. The van der Waals surface area contributed by atoms with Crippen LogP contribution in [0.3, 0.4) is 0 Å². The standard InChI is InChI=1S/CH3IN2/c2-4-1-3-4/h3H,1H2. The molecule has 0 bridgehead atoms. The van der Waals surface area contributed by atoms with E-state index in [9.17, 15) is 0 Å². The van der Waals surface area contributed by atoms with Crippen molar-refractivity contribution in [2.24, 2.45) is 0 Å². The summed E-state index contributed by atoms with van der Waals surface area (Å²) in [5.41, 5.74) is 2.92. The fraction of sp³-hybridized carbons (Fsp3) is 1.00. The van der Waals surface area contributed by atoms with Crippen molar-refractivity contribution in [2.45, 2.75) is 0 Å². The largest absolute Gasteiger partial charge is 0.228 e. The summed E-state index contributed by atoms with van der Waals surface area (Å²) in [5, 5.41) is 0. The highest BCUT2D eigenvalue weighted by Gasteiger charge is 2.08. The first-order valence-electron chi connectivity index (χ1n) is 1.06. The summed E-state index contributed by atoms with van der Waals surface area (Å²) >= 11 is 2.18. The second-order valence-corrected chi connectivity index (χ2v) is 1.84. The SMILES string of the molecule is IN1CN1. The number of halogens is 1. The Morgan fingerprint density at radius 3 is 2.25 bits per heavy atom. The van der Waals surface area contributed by atoms with Crippen LogP contribution in [0.1, 0.15) is 0 Å². The zero-order chi connectivity index (χ0) is 2.99. The van der Waals surface area contributed by atoms with Gasteiger partial charge in [-0.15, -0.1) is 0 Å². The average molecular weight is 170 g/mol. The molecule has 0 aliphatic carbocycles. The van der Waals surface area contributed by atoms with E-state index in [2.05, 4.69) is 28.3 Å². The molecule has 1 aliphatic rings. The van der Waals surface area contributed by atoms with Crippen LogP contribution in [-0.4, -0.2) is 9.89 Å². The number of hydrogen-bond donors (Lipinski definition) is 1. The monoisotopic (exact) mass is 170 g/mol. The molecular formula is CH3IN2. The van der Waals surface area contributed by atoms with Crippen LogP contribution in [0.2, 0.25) is 0 Å². The van der Waals surface area contributed by atoms with Gasteiger partial charge in [0.25, 0.3) is 0 Å². The Morgan fingerprint density at radius 1 is 2.00 bits per heavy atom. The van der Waals surface area contributed by atoms with Crippen molar-refractivity contribution in [1.29, 1.82) is 0 Å². The van der Waals surface area contributed by atoms with Gasteiger partial charge in [-0.1, -0.05) is 0 Å². The lowest BCUT2D eigenvalue weighted by atomic mass is 11.4. The lowest BCUT2D eigenvalue weighted by Gasteiger charge is -1.59. The number of nitrogens with one attached hydrogen (secondary N) is 1. The van der Waals surface area contributed by atoms with Crippen LogP contribution in [0.25, 0.3) is 0 Å². The molecule has 4 heavy (non-hydrogen) atoms. The fourth-order valence-electron chi connectivity index (χ4n) is 0.0267. The quantitative estimate of drug-likeness (QED) is 0.317. The first-order valence-corrected chi connectivity index (χ1v) is 2.03. The van der Waals surface area contributed by atoms with Gasteiger partial charge in [0.1, 0.15) is 0 Å². The molecule has 1 rings (SSSR count). The minimum absolute atomic E-state index is 1.06. The van der Waals surface area contributed by atoms with Gasteiger partial charge in [0.05, 0.1) is 6.67 Å². The first-order chi connectivity index (χ1) is 1.89. The molecule has 1 saturated heterocycles. The van der Waals surface area contributed by atoms with Gasteiger partial charge in [-0.25, -0.2) is 5.43 Å². The predicted octanol–water partition coefficient (Wildman–Crippen LogP) is 0.114. The van der Waals surface area contributed by atoms with Crippen molar-refractivity contribution in [3.8, 4) is 0 Å². The minimum Gasteiger partial charge on any atom is -0.228 e. The minimum atomic E-state index is 1.06. The molecule has 1 unspecified atom stereocenters. The van der Waals surface area contributed by atoms with Gasteiger partial charge in [0.15, 0.2) is 0 Å². The van der Waals surface area contributed by atoms with E-state index in [-0.39, 0.29) is 0 Å². The van der Waals surface area contributed by atoms with Crippen molar-refractivity contribution in [2.75, 3.05) is 6.67 Å². The summed E-state index contributed by atoms with van der Waals surface area (Å²) in [4.78, 5) is 0. The maximum absolute atomic E-state index is 2.92. The Balaban J connectivity index is 2.17. The Hall–Kier alpha value is 0.650. The number of nitrogens with zero attached hydrogens (tertiary/aromatic N) is 1. The molecule has 0 radical (unpaired) electrons. The van der Waals surface area contributed by atoms with Crippen LogP contribution < -0.4 is 5.43 Å². The third-order valence-corrected chi connectivity index (χ3v) is 0.960. The Bertz CT molecular complexity index is 25.2. The summed E-state index contributed by atoms with van der Waals surface area (Å²) in [6.07, 6.45) is 0. The van der Waals surface area contributed by atoms with Crippen LogP contribution >= 0.6 is 22.9 Å². The molecule has 0 aromatic carbocycles. The zero-order valence-corrected chi connectivity index (χ0v) is 4.19. The number of rotatable bonds is 0. The predicted molar refractivity (Wildman–Crippen MR) is 23.9 cm³/mol. The van der Waals surface area contributed by atoms with E-state index in [0.29, 0.717) is 0 Å². The van der Waals surface area contributed by atoms with E-state index in [1.807, 2.05) is 3.22 Å². The molecule has 1 fully saturated rings. The van der Waals surface area contributed by atoms with Gasteiger partial charge in [-0.2, -0.15) is 3.22 Å². The molecule has 2 nitrogen and oxygen atoms in total. The van der Waals surface area contributed by atoms with E-state index < -0.39 is 0 Å². The summed E-state index contributed by atoms with van der Waals surface area (Å²) in [6, 6.07) is 0. The Kier molecular flexibility index (Phi) is 0.575. The number of hydrazine groups is 1. The highest BCUT2D eigenvalue weighted by Crippen LogP contribution is 1.99. The van der Waals surface area contributed by atoms with Crippen molar-refractivity contribution in [3.63, 3.8) is 0 Å². The van der Waals surface area contributed by atoms with E-state index in [1.54, 1.807) is 0 Å². The summed E-state index contributed by atoms with van der Waals surface area (Å²) < 4.78 is 1.97. The smallest absolute Gasteiger partial charge is 0.0867 e. The normalized spacial score (nSPS) is 39.8. The van der Waals surface area contributed by atoms with E-state index >= 15 is 0 Å². The van der Waals surface area contributed by atoms with Gasteiger partial charge < -0.3 is 0 Å². The maximum atomic E-state index is 2.92. The van der Waals surface area contributed by atoms with Crippen LogP contribution in [-0.2, 0) is 0 Å². The lowest BCUT2D eigenvalue weighted by Crippen LogP contribution is -1.71. The summed E-state index contributed by atoms with van der Waals surface area (Å²) in [6.45, 7) is 1.06. The molecule has 0 amide bonds. The van der Waals surface area contributed by atoms with Gasteiger partial charge in [-0.05, 0) is 0 Å².